The Hall–Kier alpha value is -2.92. The lowest BCUT2D eigenvalue weighted by Gasteiger charge is -2.19. The van der Waals surface area contributed by atoms with Gasteiger partial charge < -0.3 is 15.4 Å². The molecule has 32 heavy (non-hydrogen) atoms. The van der Waals surface area contributed by atoms with Gasteiger partial charge in [-0.15, -0.1) is 11.3 Å². The van der Waals surface area contributed by atoms with E-state index in [1.54, 1.807) is 18.3 Å². The molecule has 0 aliphatic heterocycles. The molecule has 9 nitrogen and oxygen atoms in total. The summed E-state index contributed by atoms with van der Waals surface area (Å²) >= 11 is 5.77. The van der Waals surface area contributed by atoms with Crippen LogP contribution in [0.3, 0.4) is 0 Å². The zero-order valence-electron chi connectivity index (χ0n) is 18.0. The lowest BCUT2D eigenvalue weighted by Crippen LogP contribution is -2.35. The van der Waals surface area contributed by atoms with Crippen LogP contribution in [0.25, 0.3) is 21.7 Å². The Morgan fingerprint density at radius 1 is 1.22 bits per heavy atom. The topological polar surface area (TPSA) is 109 Å². The van der Waals surface area contributed by atoms with Crippen molar-refractivity contribution in [2.24, 2.45) is 0 Å². The molecule has 0 atom stereocenters. The predicted molar refractivity (Wildman–Crippen MR) is 127 cm³/mol. The number of thiol groups is 1. The highest BCUT2D eigenvalue weighted by Gasteiger charge is 2.26. The molecule has 1 aliphatic carbocycles. The summed E-state index contributed by atoms with van der Waals surface area (Å²) in [5.74, 6) is 0.374. The van der Waals surface area contributed by atoms with Crippen molar-refractivity contribution in [1.82, 2.24) is 25.6 Å². The predicted octanol–water partition coefficient (Wildman–Crippen LogP) is 4.30. The van der Waals surface area contributed by atoms with Crippen LogP contribution in [0.4, 0.5) is 15.4 Å². The minimum atomic E-state index is -0.543. The maximum Gasteiger partial charge on any atom is 0.407 e. The van der Waals surface area contributed by atoms with E-state index in [2.05, 4.69) is 38.4 Å². The second-order valence-corrected chi connectivity index (χ2v) is 9.99. The van der Waals surface area contributed by atoms with Crippen molar-refractivity contribution in [3.05, 3.63) is 35.3 Å². The Balaban J connectivity index is 1.47. The SMILES string of the molecule is CC(C)(C)OC(=O)NCc1ccc(-c2cnc3ccc(N(S)C(=O)NC4CC4)nc3n2)s1. The van der Waals surface area contributed by atoms with Gasteiger partial charge in [0.1, 0.15) is 22.6 Å². The van der Waals surface area contributed by atoms with Gasteiger partial charge in [0.15, 0.2) is 5.65 Å². The van der Waals surface area contributed by atoms with Crippen LogP contribution >= 0.6 is 24.2 Å². The quantitative estimate of drug-likeness (QED) is 0.478. The molecule has 0 bridgehead atoms. The van der Waals surface area contributed by atoms with E-state index < -0.39 is 11.7 Å². The number of carbonyl (C=O) groups excluding carboxylic acids is 2. The third-order valence-corrected chi connectivity index (χ3v) is 5.92. The van der Waals surface area contributed by atoms with Crippen molar-refractivity contribution < 1.29 is 14.3 Å². The van der Waals surface area contributed by atoms with E-state index in [0.29, 0.717) is 29.2 Å². The van der Waals surface area contributed by atoms with Gasteiger partial charge in [0.2, 0.25) is 0 Å². The summed E-state index contributed by atoms with van der Waals surface area (Å²) in [5.41, 5.74) is 1.15. The molecule has 0 aromatic carbocycles. The van der Waals surface area contributed by atoms with Crippen molar-refractivity contribution in [3.8, 4) is 10.6 Å². The fourth-order valence-electron chi connectivity index (χ4n) is 2.78. The molecule has 3 aromatic heterocycles. The number of thiophene rings is 1. The number of anilines is 1. The number of ether oxygens (including phenoxy) is 1. The van der Waals surface area contributed by atoms with Crippen molar-refractivity contribution in [2.75, 3.05) is 4.31 Å². The van der Waals surface area contributed by atoms with Crippen LogP contribution < -0.4 is 14.9 Å². The summed E-state index contributed by atoms with van der Waals surface area (Å²) < 4.78 is 6.43. The van der Waals surface area contributed by atoms with E-state index in [-0.39, 0.29) is 12.1 Å². The normalized spacial score (nSPS) is 13.6. The van der Waals surface area contributed by atoms with Crippen LogP contribution in [0.5, 0.6) is 0 Å². The number of alkyl carbamates (subject to hydrolysis) is 1. The van der Waals surface area contributed by atoms with Crippen LogP contribution in [0, 0.1) is 0 Å². The van der Waals surface area contributed by atoms with E-state index in [0.717, 1.165) is 22.6 Å². The Morgan fingerprint density at radius 3 is 2.72 bits per heavy atom. The molecular weight excluding hydrogens is 448 g/mol. The number of aromatic nitrogens is 3. The maximum atomic E-state index is 12.2. The summed E-state index contributed by atoms with van der Waals surface area (Å²) in [5, 5.41) is 5.62. The van der Waals surface area contributed by atoms with Gasteiger partial charge in [-0.05, 0) is 57.9 Å². The van der Waals surface area contributed by atoms with Gasteiger partial charge in [0.25, 0.3) is 0 Å². The number of hydrogen-bond acceptors (Lipinski definition) is 8. The van der Waals surface area contributed by atoms with Crippen molar-refractivity contribution in [1.29, 1.82) is 0 Å². The molecule has 0 saturated heterocycles. The van der Waals surface area contributed by atoms with E-state index in [1.807, 2.05) is 32.9 Å². The van der Waals surface area contributed by atoms with Gasteiger partial charge in [-0.25, -0.2) is 23.9 Å². The zero-order chi connectivity index (χ0) is 22.9. The van der Waals surface area contributed by atoms with Gasteiger partial charge in [-0.2, -0.15) is 0 Å². The molecule has 3 amide bonds. The van der Waals surface area contributed by atoms with Gasteiger partial charge in [0.05, 0.1) is 17.6 Å². The Labute approximate surface area is 195 Å². The molecule has 3 heterocycles. The second-order valence-electron chi connectivity index (χ2n) is 8.42. The number of carbonyl (C=O) groups is 2. The lowest BCUT2D eigenvalue weighted by molar-refractivity contribution is 0.0524. The third kappa shape index (κ3) is 5.65. The first-order valence-corrected chi connectivity index (χ1v) is 11.4. The van der Waals surface area contributed by atoms with Crippen LogP contribution in [0.15, 0.2) is 30.5 Å². The van der Waals surface area contributed by atoms with E-state index in [1.165, 1.54) is 15.6 Å². The molecular formula is C21H24N6O3S2. The zero-order valence-corrected chi connectivity index (χ0v) is 19.7. The molecule has 0 unspecified atom stereocenters. The van der Waals surface area contributed by atoms with Crippen molar-refractivity contribution >= 4 is 53.3 Å². The summed E-state index contributed by atoms with van der Waals surface area (Å²) in [6.45, 7) is 5.81. The van der Waals surface area contributed by atoms with Crippen LogP contribution in [0.1, 0.15) is 38.5 Å². The van der Waals surface area contributed by atoms with Crippen molar-refractivity contribution in [2.45, 2.75) is 51.8 Å². The van der Waals surface area contributed by atoms with Crippen molar-refractivity contribution in [3.63, 3.8) is 0 Å². The number of pyridine rings is 1. The average Bonchev–Trinajstić information content (AvgIpc) is 3.42. The van der Waals surface area contributed by atoms with Crippen LogP contribution in [-0.4, -0.2) is 38.7 Å². The molecule has 1 fully saturated rings. The molecule has 0 spiro atoms. The first kappa shape index (κ1) is 22.3. The van der Waals surface area contributed by atoms with Gasteiger partial charge in [0, 0.05) is 10.9 Å². The summed E-state index contributed by atoms with van der Waals surface area (Å²) in [4.78, 5) is 39.4. The molecule has 11 heteroatoms. The molecule has 4 rings (SSSR count). The fraction of sp³-hybridized carbons (Fsp3) is 0.381. The molecule has 0 radical (unpaired) electrons. The largest absolute Gasteiger partial charge is 0.444 e. The van der Waals surface area contributed by atoms with Gasteiger partial charge >= 0.3 is 12.1 Å². The lowest BCUT2D eigenvalue weighted by atomic mass is 10.2. The highest BCUT2D eigenvalue weighted by atomic mass is 32.1. The molecule has 3 aromatic rings. The minimum Gasteiger partial charge on any atom is -0.444 e. The number of urea groups is 1. The number of hydrogen-bond donors (Lipinski definition) is 3. The third-order valence-electron chi connectivity index (χ3n) is 4.43. The second kappa shape index (κ2) is 8.91. The van der Waals surface area contributed by atoms with Crippen LogP contribution in [-0.2, 0) is 11.3 Å². The fourth-order valence-corrected chi connectivity index (χ4v) is 3.85. The number of rotatable bonds is 5. The molecule has 1 aliphatic rings. The minimum absolute atomic E-state index is 0.224. The molecule has 168 valence electrons. The molecule has 1 saturated carbocycles. The van der Waals surface area contributed by atoms with Crippen LogP contribution in [0.2, 0.25) is 0 Å². The molecule has 2 N–H and O–H groups in total. The maximum absolute atomic E-state index is 12.2. The summed E-state index contributed by atoms with van der Waals surface area (Å²) in [6, 6.07) is 7.19. The van der Waals surface area contributed by atoms with Gasteiger partial charge in [-0.3, -0.25) is 4.98 Å². The number of amides is 3. The standard InChI is InChI=1S/C21H24N6O3S2/c1-21(2,3)30-20(29)23-10-13-6-8-16(32-13)15-11-22-14-7-9-17(26-18(14)25-15)27(31)19(28)24-12-4-5-12/h6-9,11-12,31H,4-5,10H2,1-3H3,(H,23,29)(H,24,28). The average molecular weight is 473 g/mol. The number of nitrogens with zero attached hydrogens (tertiary/aromatic N) is 4. The smallest absolute Gasteiger partial charge is 0.407 e. The Bertz CT molecular complexity index is 1160. The Kier molecular flexibility index (Phi) is 6.20. The highest BCUT2D eigenvalue weighted by Crippen LogP contribution is 2.28. The number of nitrogens with one attached hydrogen (secondary N) is 2. The summed E-state index contributed by atoms with van der Waals surface area (Å²) in [6.07, 6.45) is 3.20. The number of fused-ring (bicyclic) bond motifs is 1. The van der Waals surface area contributed by atoms with E-state index in [9.17, 15) is 9.59 Å². The van der Waals surface area contributed by atoms with E-state index in [4.69, 9.17) is 4.74 Å². The Morgan fingerprint density at radius 2 is 2.00 bits per heavy atom. The summed E-state index contributed by atoms with van der Waals surface area (Å²) in [7, 11) is 0. The first-order chi connectivity index (χ1) is 15.2. The first-order valence-electron chi connectivity index (χ1n) is 10.2. The highest BCUT2D eigenvalue weighted by molar-refractivity contribution is 7.82. The van der Waals surface area contributed by atoms with Gasteiger partial charge in [-0.1, -0.05) is 12.8 Å². The monoisotopic (exact) mass is 472 g/mol. The van der Waals surface area contributed by atoms with E-state index >= 15 is 0 Å².